The number of hydrogen-bond acceptors (Lipinski definition) is 4. The van der Waals surface area contributed by atoms with Gasteiger partial charge in [0.15, 0.2) is 0 Å². The first kappa shape index (κ1) is 52.4. The van der Waals surface area contributed by atoms with E-state index in [0.29, 0.717) is 16.9 Å². The molecule has 0 atom stereocenters. The van der Waals surface area contributed by atoms with Crippen molar-refractivity contribution in [3.63, 3.8) is 0 Å². The second-order valence-corrected chi connectivity index (χ2v) is 25.1. The molecule has 0 unspecified atom stereocenters. The maximum atomic E-state index is 10.7. The van der Waals surface area contributed by atoms with Crippen LogP contribution in [0.3, 0.4) is 0 Å². The molecule has 100 heavy (non-hydrogen) atoms. The van der Waals surface area contributed by atoms with Crippen molar-refractivity contribution in [2.24, 2.45) is 0 Å². The Kier molecular flexibility index (Phi) is 12.3. The first-order chi connectivity index (χ1) is 51.6. The normalized spacial score (nSPS) is 12.3. The quantitative estimate of drug-likeness (QED) is 0.151. The number of nitriles is 2. The smallest absolute Gasteiger partial charge is 0.147 e. The molecule has 14 aromatic carbocycles. The number of aromatic nitrogens is 6. The highest BCUT2D eigenvalue weighted by atomic mass is 15.1. The second kappa shape index (κ2) is 23.5. The zero-order valence-electron chi connectivity index (χ0n) is 58.5. The number of para-hydroxylation sites is 7. The Balaban J connectivity index is 0.000000145. The topological polar surface area (TPSA) is 93.1 Å². The van der Waals surface area contributed by atoms with Crippen molar-refractivity contribution in [3.05, 3.63) is 351 Å². The fraction of sp³-hybridized carbons (Fsp3) is 0. The van der Waals surface area contributed by atoms with Crippen LogP contribution in [0.2, 0.25) is 0 Å². The standard InChI is InChI=1S/C52H32N4.C40H24N4/c53-33-45-40-17-7-10-20-46(40)54-52(51(45)36-15-5-2-6-16-36)56-48-22-12-9-19-42(48)44-32-38(26-30-50(44)56)37-25-29-49-43(31-37)41-18-8-11-21-47(41)55(49)39-27-23-35(24-28-39)34-13-3-1-4-14-34;41-25-28-24-40(42-35-15-7-4-12-30(28)35)44-37-17-9-6-14-32(37)34-23-27(19-21-39(34)44)26-18-20-38-33(22-26)31-13-5-8-16-36(31)43(38)29-10-2-1-3-11-29/h1-32H;1-24H/i;1D,2D,3D,10D,11D. The minimum Gasteiger partial charge on any atom is -0.309 e. The summed E-state index contributed by atoms with van der Waals surface area (Å²) in [5, 5.41) is 30.9. The van der Waals surface area contributed by atoms with Gasteiger partial charge in [-0.25, -0.2) is 9.97 Å². The van der Waals surface area contributed by atoms with Gasteiger partial charge in [-0.15, -0.1) is 0 Å². The average Bonchev–Trinajstić information content (AvgIpc) is 1.71. The van der Waals surface area contributed by atoms with Crippen LogP contribution in [0.25, 0.3) is 177 Å². The molecule has 6 aromatic heterocycles. The van der Waals surface area contributed by atoms with Crippen LogP contribution < -0.4 is 0 Å². The lowest BCUT2D eigenvalue weighted by atomic mass is 9.97. The van der Waals surface area contributed by atoms with Gasteiger partial charge in [-0.1, -0.05) is 224 Å². The number of hydrogen-bond donors (Lipinski definition) is 0. The van der Waals surface area contributed by atoms with Crippen molar-refractivity contribution in [2.75, 3.05) is 0 Å². The zero-order valence-corrected chi connectivity index (χ0v) is 53.5. The molecule has 0 aliphatic carbocycles. The van der Waals surface area contributed by atoms with Crippen molar-refractivity contribution in [3.8, 4) is 79.7 Å². The van der Waals surface area contributed by atoms with Crippen molar-refractivity contribution in [2.45, 2.75) is 0 Å². The van der Waals surface area contributed by atoms with Gasteiger partial charge in [0.2, 0.25) is 0 Å². The van der Waals surface area contributed by atoms with Gasteiger partial charge >= 0.3 is 0 Å². The molecule has 0 radical (unpaired) electrons. The molecular weight excluding hydrogens is 1220 g/mol. The van der Waals surface area contributed by atoms with Gasteiger partial charge in [-0.3, -0.25) is 9.13 Å². The Hall–Kier alpha value is -13.9. The van der Waals surface area contributed by atoms with E-state index in [1.54, 1.807) is 4.57 Å². The maximum Gasteiger partial charge on any atom is 0.147 e. The van der Waals surface area contributed by atoms with Crippen molar-refractivity contribution in [1.82, 2.24) is 28.2 Å². The highest BCUT2D eigenvalue weighted by Gasteiger charge is 2.24. The molecule has 0 saturated heterocycles. The van der Waals surface area contributed by atoms with E-state index in [2.05, 4.69) is 214 Å². The van der Waals surface area contributed by atoms with Gasteiger partial charge in [0.1, 0.15) is 17.7 Å². The maximum absolute atomic E-state index is 10.7. The molecule has 0 aliphatic rings. The van der Waals surface area contributed by atoms with Crippen LogP contribution in [-0.2, 0) is 0 Å². The van der Waals surface area contributed by atoms with E-state index >= 15 is 0 Å². The average molecular weight is 1280 g/mol. The summed E-state index contributed by atoms with van der Waals surface area (Å²) in [7, 11) is 0. The highest BCUT2D eigenvalue weighted by Crippen LogP contribution is 2.44. The molecule has 0 N–H and O–H groups in total. The molecule has 6 heterocycles. The molecule has 0 bridgehead atoms. The van der Waals surface area contributed by atoms with E-state index in [4.69, 9.17) is 16.8 Å². The van der Waals surface area contributed by atoms with E-state index in [1.165, 1.54) is 32.9 Å². The van der Waals surface area contributed by atoms with E-state index in [-0.39, 0.29) is 29.9 Å². The fourth-order valence-corrected chi connectivity index (χ4v) is 15.1. The third-order valence-corrected chi connectivity index (χ3v) is 19.6. The molecule has 20 aromatic rings. The van der Waals surface area contributed by atoms with Gasteiger partial charge in [-0.05, 0) is 154 Å². The predicted molar refractivity (Wildman–Crippen MR) is 412 cm³/mol. The molecular formula is C92H56N8. The van der Waals surface area contributed by atoms with Crippen LogP contribution in [0.5, 0.6) is 0 Å². The summed E-state index contributed by atoms with van der Waals surface area (Å²) in [5.74, 6) is 1.42. The van der Waals surface area contributed by atoms with E-state index in [0.717, 1.165) is 132 Å². The van der Waals surface area contributed by atoms with Crippen LogP contribution in [0.15, 0.2) is 340 Å². The Morgan fingerprint density at radius 1 is 0.270 bits per heavy atom. The number of pyridine rings is 2. The number of nitrogens with zero attached hydrogens (tertiary/aromatic N) is 8. The fourth-order valence-electron chi connectivity index (χ4n) is 15.1. The molecule has 8 heteroatoms. The minimum atomic E-state index is -0.416. The summed E-state index contributed by atoms with van der Waals surface area (Å²) in [6.45, 7) is 0. The third kappa shape index (κ3) is 9.28. The molecule has 8 nitrogen and oxygen atoms in total. The number of rotatable bonds is 8. The Bertz CT molecular complexity index is 7090. The largest absolute Gasteiger partial charge is 0.309 e. The number of fused-ring (bicyclic) bond motifs is 14. The first-order valence-corrected chi connectivity index (χ1v) is 33.2. The van der Waals surface area contributed by atoms with E-state index < -0.39 is 6.04 Å². The van der Waals surface area contributed by atoms with Gasteiger partial charge in [0, 0.05) is 70.8 Å². The zero-order chi connectivity index (χ0) is 70.7. The molecule has 464 valence electrons. The minimum absolute atomic E-state index is 0.126. The molecule has 0 saturated carbocycles. The van der Waals surface area contributed by atoms with Crippen LogP contribution in [0.1, 0.15) is 18.0 Å². The van der Waals surface area contributed by atoms with E-state index in [1.807, 2.05) is 121 Å². The molecule has 0 fully saturated rings. The van der Waals surface area contributed by atoms with Gasteiger partial charge in [0.25, 0.3) is 0 Å². The van der Waals surface area contributed by atoms with Crippen molar-refractivity contribution >= 4 is 109 Å². The van der Waals surface area contributed by atoms with Gasteiger partial charge < -0.3 is 9.13 Å². The Morgan fingerprint density at radius 2 is 0.640 bits per heavy atom. The lowest BCUT2D eigenvalue weighted by Crippen LogP contribution is -2.04. The van der Waals surface area contributed by atoms with E-state index in [9.17, 15) is 10.5 Å². The van der Waals surface area contributed by atoms with Crippen LogP contribution in [0.4, 0.5) is 0 Å². The predicted octanol–water partition coefficient (Wildman–Crippen LogP) is 23.3. The monoisotopic (exact) mass is 1280 g/mol. The lowest BCUT2D eigenvalue weighted by Gasteiger charge is -2.16. The summed E-state index contributed by atoms with van der Waals surface area (Å²) in [6, 6.07) is 109. The molecule has 20 rings (SSSR count). The molecule has 0 spiro atoms. The summed E-state index contributed by atoms with van der Waals surface area (Å²) < 4.78 is 50.6. The van der Waals surface area contributed by atoms with Crippen molar-refractivity contribution in [1.29, 1.82) is 10.5 Å². The molecule has 0 amide bonds. The molecule has 0 aliphatic heterocycles. The van der Waals surface area contributed by atoms with Crippen molar-refractivity contribution < 1.29 is 6.85 Å². The van der Waals surface area contributed by atoms with Crippen LogP contribution in [0, 0.1) is 22.7 Å². The highest BCUT2D eigenvalue weighted by molar-refractivity contribution is 6.15. The van der Waals surface area contributed by atoms with Gasteiger partial charge in [0.05, 0.1) is 79.2 Å². The summed E-state index contributed by atoms with van der Waals surface area (Å²) >= 11 is 0. The van der Waals surface area contributed by atoms with Gasteiger partial charge in [-0.2, -0.15) is 10.5 Å². The third-order valence-electron chi connectivity index (χ3n) is 19.6. The van der Waals surface area contributed by atoms with Crippen LogP contribution >= 0.6 is 0 Å². The summed E-state index contributed by atoms with van der Waals surface area (Å²) in [4.78, 5) is 10.3. The first-order valence-electron chi connectivity index (χ1n) is 35.7. The summed E-state index contributed by atoms with van der Waals surface area (Å²) in [6.07, 6.45) is 0. The Labute approximate surface area is 581 Å². The number of benzene rings is 14. The SMILES string of the molecule is N#Cc1c(-c2ccccc2)c(-n2c3ccccc3c3cc(-c4ccc5c(c4)c4ccccc4n5-c4ccc(-c5ccccc5)cc4)ccc32)nc2ccccc12.[2H]c1c([2H])c([2H])c(-n2c3ccccc3c3cc(-c4ccc5c(c4)c4ccccc4n5-c4cc(C#N)c5ccccc5n4)ccc32)c([2H])c1[2H]. The lowest BCUT2D eigenvalue weighted by molar-refractivity contribution is 1.10. The second-order valence-electron chi connectivity index (χ2n) is 25.1. The Morgan fingerprint density at radius 3 is 1.14 bits per heavy atom. The summed E-state index contributed by atoms with van der Waals surface area (Å²) in [5.41, 5.74) is 20.4. The van der Waals surface area contributed by atoms with Crippen LogP contribution in [-0.4, -0.2) is 28.2 Å².